The van der Waals surface area contributed by atoms with Gasteiger partial charge in [0, 0.05) is 20.2 Å². The summed E-state index contributed by atoms with van der Waals surface area (Å²) in [5.74, 6) is 0. The molecule has 0 saturated carbocycles. The molecule has 0 nitrogen and oxygen atoms in total. The minimum Gasteiger partial charge on any atom is -0.135 e. The first kappa shape index (κ1) is 25.3. The lowest BCUT2D eigenvalue weighted by Gasteiger charge is -2.31. The van der Waals surface area contributed by atoms with Crippen molar-refractivity contribution in [2.75, 3.05) is 0 Å². The van der Waals surface area contributed by atoms with Gasteiger partial charge in [-0.15, -0.1) is 11.3 Å². The predicted octanol–water partition coefficient (Wildman–Crippen LogP) is 12.9. The number of rotatable bonds is 1. The van der Waals surface area contributed by atoms with Crippen molar-refractivity contribution in [3.05, 3.63) is 180 Å². The van der Waals surface area contributed by atoms with E-state index in [9.17, 15) is 0 Å². The Labute approximate surface area is 282 Å². The van der Waals surface area contributed by atoms with Gasteiger partial charge in [-0.1, -0.05) is 140 Å². The van der Waals surface area contributed by atoms with Crippen LogP contribution < -0.4 is 0 Å². The van der Waals surface area contributed by atoms with E-state index < -0.39 is 5.41 Å². The molecular weight excluding hydrogens is 597 g/mol. The van der Waals surface area contributed by atoms with Crippen LogP contribution >= 0.6 is 11.3 Å². The van der Waals surface area contributed by atoms with Crippen LogP contribution in [0.5, 0.6) is 0 Å². The van der Waals surface area contributed by atoms with E-state index >= 15 is 0 Å². The van der Waals surface area contributed by atoms with Crippen molar-refractivity contribution in [3.63, 3.8) is 0 Å². The zero-order valence-electron chi connectivity index (χ0n) is 25.9. The molecule has 0 amide bonds. The summed E-state index contributed by atoms with van der Waals surface area (Å²) in [6, 6.07) is 59.8. The number of hydrogen-bond donors (Lipinski definition) is 0. The maximum Gasteiger partial charge on any atom is 0.0726 e. The SMILES string of the molecule is c1ccc2c(c1)-c1cccc3c4c(cc-2c13)C1(c2ccccc2-c2ccc(-c3cccc5c3sc3ccccc35)cc21)c1ccccc1-4. The molecule has 0 fully saturated rings. The van der Waals surface area contributed by atoms with Crippen LogP contribution in [0.4, 0.5) is 0 Å². The van der Waals surface area contributed by atoms with E-state index in [-0.39, 0.29) is 0 Å². The van der Waals surface area contributed by atoms with Gasteiger partial charge in [-0.05, 0) is 107 Å². The van der Waals surface area contributed by atoms with Crippen molar-refractivity contribution in [3.8, 4) is 55.6 Å². The lowest BCUT2D eigenvalue weighted by Crippen LogP contribution is -2.26. The molecule has 1 heteroatoms. The normalized spacial score (nSPS) is 16.0. The van der Waals surface area contributed by atoms with Crippen LogP contribution in [0.15, 0.2) is 158 Å². The summed E-state index contributed by atoms with van der Waals surface area (Å²) in [6.45, 7) is 0. The first-order chi connectivity index (χ1) is 23.8. The topological polar surface area (TPSA) is 0 Å². The first-order valence-electron chi connectivity index (χ1n) is 16.8. The molecule has 48 heavy (non-hydrogen) atoms. The third kappa shape index (κ3) is 2.86. The molecule has 8 aromatic carbocycles. The molecule has 1 atom stereocenters. The summed E-state index contributed by atoms with van der Waals surface area (Å²) >= 11 is 1.91. The molecule has 0 N–H and O–H groups in total. The van der Waals surface area contributed by atoms with Gasteiger partial charge in [-0.2, -0.15) is 0 Å². The first-order valence-corrected chi connectivity index (χ1v) is 17.6. The van der Waals surface area contributed by atoms with Crippen LogP contribution in [-0.4, -0.2) is 0 Å². The van der Waals surface area contributed by atoms with E-state index in [0.29, 0.717) is 0 Å². The molecule has 9 aromatic rings. The second kappa shape index (κ2) is 8.77. The minimum atomic E-state index is -0.417. The van der Waals surface area contributed by atoms with Crippen LogP contribution in [0.1, 0.15) is 22.3 Å². The van der Waals surface area contributed by atoms with E-state index in [1.54, 1.807) is 0 Å². The molecule has 1 aromatic heterocycles. The van der Waals surface area contributed by atoms with Crippen molar-refractivity contribution in [2.45, 2.75) is 5.41 Å². The quantitative estimate of drug-likeness (QED) is 0.171. The molecule has 1 unspecified atom stereocenters. The van der Waals surface area contributed by atoms with Gasteiger partial charge in [0.25, 0.3) is 0 Å². The highest BCUT2D eigenvalue weighted by molar-refractivity contribution is 7.26. The lowest BCUT2D eigenvalue weighted by molar-refractivity contribution is 0.795. The number of hydrogen-bond acceptors (Lipinski definition) is 1. The fraction of sp³-hybridized carbons (Fsp3) is 0.0213. The Morgan fingerprint density at radius 3 is 1.81 bits per heavy atom. The monoisotopic (exact) mass is 622 g/mol. The molecule has 220 valence electrons. The highest BCUT2D eigenvalue weighted by Gasteiger charge is 2.52. The summed E-state index contributed by atoms with van der Waals surface area (Å²) in [5, 5.41) is 5.43. The van der Waals surface area contributed by atoms with Gasteiger partial charge < -0.3 is 0 Å². The molecule has 0 radical (unpaired) electrons. The van der Waals surface area contributed by atoms with Crippen LogP contribution in [0, 0.1) is 0 Å². The second-order valence-electron chi connectivity index (χ2n) is 13.5. The van der Waals surface area contributed by atoms with E-state index in [2.05, 4.69) is 158 Å². The Balaban J connectivity index is 1.22. The van der Waals surface area contributed by atoms with Gasteiger partial charge in [0.05, 0.1) is 5.41 Å². The van der Waals surface area contributed by atoms with Gasteiger partial charge in [-0.3, -0.25) is 0 Å². The van der Waals surface area contributed by atoms with Crippen molar-refractivity contribution in [1.29, 1.82) is 0 Å². The summed E-state index contributed by atoms with van der Waals surface area (Å²) in [5.41, 5.74) is 18.6. The second-order valence-corrected chi connectivity index (χ2v) is 14.6. The Hall–Kier alpha value is -5.76. The zero-order valence-corrected chi connectivity index (χ0v) is 26.7. The van der Waals surface area contributed by atoms with Gasteiger partial charge in [0.15, 0.2) is 0 Å². The summed E-state index contributed by atoms with van der Waals surface area (Å²) in [6.07, 6.45) is 0. The molecule has 0 saturated heterocycles. The van der Waals surface area contributed by atoms with Gasteiger partial charge in [0.1, 0.15) is 0 Å². The molecule has 3 aliphatic rings. The largest absolute Gasteiger partial charge is 0.135 e. The molecule has 3 aliphatic carbocycles. The molecule has 0 bridgehead atoms. The van der Waals surface area contributed by atoms with E-state index in [1.165, 1.54) is 109 Å². The molecule has 1 spiro atoms. The third-order valence-electron chi connectivity index (χ3n) is 11.4. The molecular formula is C47H26S. The smallest absolute Gasteiger partial charge is 0.0726 e. The summed E-state index contributed by atoms with van der Waals surface area (Å²) < 4.78 is 2.70. The number of thiophene rings is 1. The number of fused-ring (bicyclic) bond motifs is 17. The summed E-state index contributed by atoms with van der Waals surface area (Å²) in [7, 11) is 0. The van der Waals surface area contributed by atoms with Crippen LogP contribution in [-0.2, 0) is 5.41 Å². The van der Waals surface area contributed by atoms with Gasteiger partial charge in [0.2, 0.25) is 0 Å². The van der Waals surface area contributed by atoms with Crippen molar-refractivity contribution in [1.82, 2.24) is 0 Å². The van der Waals surface area contributed by atoms with E-state index in [4.69, 9.17) is 0 Å². The Morgan fingerprint density at radius 2 is 0.958 bits per heavy atom. The minimum absolute atomic E-state index is 0.417. The number of benzene rings is 8. The highest BCUT2D eigenvalue weighted by atomic mass is 32.1. The Morgan fingerprint density at radius 1 is 0.354 bits per heavy atom. The fourth-order valence-electron chi connectivity index (χ4n) is 9.64. The van der Waals surface area contributed by atoms with Gasteiger partial charge >= 0.3 is 0 Å². The standard InChI is InChI=1S/C47H26S/c1-2-12-30-29(11-1)34-17-10-19-37-44(34)38(30)26-42-45(37)36-15-4-7-21-40(36)47(42)39-20-6-3-13-31(39)32-24-23-27(25-41(32)47)28-16-9-18-35-33-14-5-8-22-43(33)48-46(28)35/h1-26H. The maximum absolute atomic E-state index is 2.57. The van der Waals surface area contributed by atoms with Crippen molar-refractivity contribution >= 4 is 42.3 Å². The Bertz CT molecular complexity index is 2900. The lowest BCUT2D eigenvalue weighted by atomic mass is 9.69. The molecule has 12 rings (SSSR count). The average Bonchev–Trinajstić information content (AvgIpc) is 3.86. The maximum atomic E-state index is 2.57. The zero-order chi connectivity index (χ0) is 31.1. The molecule has 1 heterocycles. The Kier molecular flexibility index (Phi) is 4.63. The summed E-state index contributed by atoms with van der Waals surface area (Å²) in [4.78, 5) is 0. The highest BCUT2D eigenvalue weighted by Crippen LogP contribution is 2.66. The van der Waals surface area contributed by atoms with E-state index in [1.807, 2.05) is 11.3 Å². The average molecular weight is 623 g/mol. The third-order valence-corrected chi connectivity index (χ3v) is 12.7. The molecule has 0 aliphatic heterocycles. The van der Waals surface area contributed by atoms with Crippen LogP contribution in [0.2, 0.25) is 0 Å². The van der Waals surface area contributed by atoms with E-state index in [0.717, 1.165) is 0 Å². The van der Waals surface area contributed by atoms with Crippen molar-refractivity contribution in [2.24, 2.45) is 0 Å². The van der Waals surface area contributed by atoms with Crippen LogP contribution in [0.3, 0.4) is 0 Å². The van der Waals surface area contributed by atoms with Crippen molar-refractivity contribution < 1.29 is 0 Å². The van der Waals surface area contributed by atoms with Crippen LogP contribution in [0.25, 0.3) is 86.6 Å². The fourth-order valence-corrected chi connectivity index (χ4v) is 10.9. The van der Waals surface area contributed by atoms with Gasteiger partial charge in [-0.25, -0.2) is 0 Å². The predicted molar refractivity (Wildman–Crippen MR) is 203 cm³/mol.